The molecule has 2 atom stereocenters. The molecule has 0 aliphatic heterocycles. The van der Waals surface area contributed by atoms with Crippen molar-refractivity contribution >= 4 is 50.7 Å². The summed E-state index contributed by atoms with van der Waals surface area (Å²) in [7, 11) is -2.74. The van der Waals surface area contributed by atoms with Gasteiger partial charge in [0.15, 0.2) is 0 Å². The molecule has 1 N–H and O–H groups in total. The Bertz CT molecular complexity index is 1750. The molecule has 2 amide bonds. The van der Waals surface area contributed by atoms with E-state index < -0.39 is 28.5 Å². The minimum absolute atomic E-state index is 0.0164. The molecule has 0 fully saturated rings. The van der Waals surface area contributed by atoms with Gasteiger partial charge >= 0.3 is 0 Å². The summed E-state index contributed by atoms with van der Waals surface area (Å²) in [5.41, 5.74) is 2.39. The van der Waals surface area contributed by atoms with E-state index in [1.807, 2.05) is 51.1 Å². The SMILES string of the molecule is CC[C@H](C)NC(=O)[C@H](Cc1ccccc1)N(Cc1c(Cl)cccc1Cl)C(=O)CN(c1ccc(OC)cc1)S(=O)(=O)c1ccc(C)cc1. The van der Waals surface area contributed by atoms with Crippen molar-refractivity contribution in [3.8, 4) is 5.75 Å². The third-order valence-corrected chi connectivity index (χ3v) is 10.4. The standard InChI is InChI=1S/C36H39Cl2N3O5S/c1-5-26(3)39-36(43)34(22-27-10-7-6-8-11-27)40(23-31-32(37)12-9-13-33(31)38)35(42)24-41(28-16-18-29(46-4)19-17-28)47(44,45)30-20-14-25(2)15-21-30/h6-21,26,34H,5,22-24H2,1-4H3,(H,39,43)/t26-,34-/m0/s1. The Morgan fingerprint density at radius 3 is 2.06 bits per heavy atom. The van der Waals surface area contributed by atoms with Gasteiger partial charge in [0.1, 0.15) is 18.3 Å². The van der Waals surface area contributed by atoms with Crippen molar-refractivity contribution in [3.63, 3.8) is 0 Å². The van der Waals surface area contributed by atoms with Crippen LogP contribution in [0, 0.1) is 6.92 Å². The van der Waals surface area contributed by atoms with Gasteiger partial charge in [0, 0.05) is 34.6 Å². The molecule has 0 aromatic heterocycles. The Morgan fingerprint density at radius 1 is 0.872 bits per heavy atom. The van der Waals surface area contributed by atoms with E-state index in [9.17, 15) is 18.0 Å². The summed E-state index contributed by atoms with van der Waals surface area (Å²) in [5, 5.41) is 3.65. The predicted molar refractivity (Wildman–Crippen MR) is 188 cm³/mol. The summed E-state index contributed by atoms with van der Waals surface area (Å²) in [5.74, 6) is -0.475. The number of nitrogens with zero attached hydrogens (tertiary/aromatic N) is 2. The molecular formula is C36H39Cl2N3O5S. The fourth-order valence-corrected chi connectivity index (χ4v) is 6.89. The second kappa shape index (κ2) is 16.2. The van der Waals surface area contributed by atoms with Crippen molar-refractivity contribution < 1.29 is 22.7 Å². The molecule has 0 heterocycles. The fraction of sp³-hybridized carbons (Fsp3) is 0.278. The van der Waals surface area contributed by atoms with Gasteiger partial charge in [-0.15, -0.1) is 0 Å². The quantitative estimate of drug-likeness (QED) is 0.152. The molecule has 0 unspecified atom stereocenters. The Hall–Kier alpha value is -4.05. The molecule has 11 heteroatoms. The second-order valence-corrected chi connectivity index (χ2v) is 13.9. The first-order valence-electron chi connectivity index (χ1n) is 15.2. The minimum Gasteiger partial charge on any atom is -0.497 e. The number of carbonyl (C=O) groups is 2. The molecule has 4 aromatic rings. The average Bonchev–Trinajstić information content (AvgIpc) is 3.06. The van der Waals surface area contributed by atoms with Crippen molar-refractivity contribution in [2.45, 2.75) is 57.1 Å². The lowest BCUT2D eigenvalue weighted by molar-refractivity contribution is -0.140. The molecule has 0 saturated heterocycles. The highest BCUT2D eigenvalue weighted by Crippen LogP contribution is 2.30. The summed E-state index contributed by atoms with van der Waals surface area (Å²) in [6.45, 7) is 4.95. The largest absolute Gasteiger partial charge is 0.497 e. The molecule has 4 aromatic carbocycles. The summed E-state index contributed by atoms with van der Waals surface area (Å²) >= 11 is 13.2. The van der Waals surface area contributed by atoms with E-state index in [2.05, 4.69) is 5.32 Å². The highest BCUT2D eigenvalue weighted by Gasteiger charge is 2.35. The normalized spacial score (nSPS) is 12.6. The van der Waals surface area contributed by atoms with E-state index >= 15 is 0 Å². The van der Waals surface area contributed by atoms with Gasteiger partial charge in [-0.25, -0.2) is 8.42 Å². The van der Waals surface area contributed by atoms with Crippen LogP contribution in [-0.4, -0.2) is 50.9 Å². The van der Waals surface area contributed by atoms with Gasteiger partial charge in [-0.05, 0) is 74.4 Å². The summed E-state index contributed by atoms with van der Waals surface area (Å²) in [6, 6.07) is 25.9. The smallest absolute Gasteiger partial charge is 0.264 e. The van der Waals surface area contributed by atoms with Crippen LogP contribution >= 0.6 is 23.2 Å². The maximum atomic E-state index is 14.6. The number of sulfonamides is 1. The molecule has 0 aliphatic rings. The van der Waals surface area contributed by atoms with E-state index in [0.29, 0.717) is 27.8 Å². The minimum atomic E-state index is -4.24. The van der Waals surface area contributed by atoms with Crippen LogP contribution in [0.4, 0.5) is 5.69 Å². The molecule has 0 aliphatic carbocycles. The monoisotopic (exact) mass is 695 g/mol. The first kappa shape index (κ1) is 35.8. The zero-order valence-corrected chi connectivity index (χ0v) is 29.1. The zero-order chi connectivity index (χ0) is 34.1. The number of hydrogen-bond donors (Lipinski definition) is 1. The highest BCUT2D eigenvalue weighted by molar-refractivity contribution is 7.92. The van der Waals surface area contributed by atoms with Crippen molar-refractivity contribution in [1.29, 1.82) is 0 Å². The van der Waals surface area contributed by atoms with E-state index in [1.54, 1.807) is 54.6 Å². The van der Waals surface area contributed by atoms with Crippen LogP contribution in [0.2, 0.25) is 10.0 Å². The van der Waals surface area contributed by atoms with E-state index in [0.717, 1.165) is 15.4 Å². The van der Waals surface area contributed by atoms with Crippen LogP contribution in [-0.2, 0) is 32.6 Å². The highest BCUT2D eigenvalue weighted by atomic mass is 35.5. The molecule has 248 valence electrons. The topological polar surface area (TPSA) is 96.0 Å². The molecule has 0 bridgehead atoms. The molecule has 47 heavy (non-hydrogen) atoms. The number of carbonyl (C=O) groups excluding carboxylic acids is 2. The number of anilines is 1. The van der Waals surface area contributed by atoms with Gasteiger partial charge in [-0.2, -0.15) is 0 Å². The fourth-order valence-electron chi connectivity index (χ4n) is 4.96. The lowest BCUT2D eigenvalue weighted by Gasteiger charge is -2.34. The Morgan fingerprint density at radius 2 is 1.49 bits per heavy atom. The van der Waals surface area contributed by atoms with Gasteiger partial charge in [-0.1, -0.05) is 84.2 Å². The number of nitrogens with one attached hydrogen (secondary N) is 1. The number of hydrogen-bond acceptors (Lipinski definition) is 5. The van der Waals surface area contributed by atoms with E-state index in [-0.39, 0.29) is 35.5 Å². The van der Waals surface area contributed by atoms with Gasteiger partial charge in [-0.3, -0.25) is 13.9 Å². The Balaban J connectivity index is 1.84. The van der Waals surface area contributed by atoms with Crippen molar-refractivity contribution in [2.24, 2.45) is 0 Å². The maximum Gasteiger partial charge on any atom is 0.264 e. The van der Waals surface area contributed by atoms with Crippen molar-refractivity contribution in [3.05, 3.63) is 124 Å². The Kier molecular flexibility index (Phi) is 12.3. The van der Waals surface area contributed by atoms with Crippen LogP contribution in [0.3, 0.4) is 0 Å². The second-order valence-electron chi connectivity index (χ2n) is 11.3. The van der Waals surface area contributed by atoms with Gasteiger partial charge in [0.05, 0.1) is 17.7 Å². The predicted octanol–water partition coefficient (Wildman–Crippen LogP) is 7.06. The summed E-state index contributed by atoms with van der Waals surface area (Å²) < 4.78 is 34.7. The molecule has 4 rings (SSSR count). The van der Waals surface area contributed by atoms with Crippen LogP contribution in [0.25, 0.3) is 0 Å². The summed E-state index contributed by atoms with van der Waals surface area (Å²) in [4.78, 5) is 30.0. The van der Waals surface area contributed by atoms with Crippen molar-refractivity contribution in [1.82, 2.24) is 10.2 Å². The van der Waals surface area contributed by atoms with Crippen LogP contribution in [0.15, 0.2) is 102 Å². The van der Waals surface area contributed by atoms with Crippen molar-refractivity contribution in [2.75, 3.05) is 18.0 Å². The van der Waals surface area contributed by atoms with Crippen LogP contribution in [0.5, 0.6) is 5.75 Å². The lowest BCUT2D eigenvalue weighted by Crippen LogP contribution is -2.54. The zero-order valence-electron chi connectivity index (χ0n) is 26.8. The summed E-state index contributed by atoms with van der Waals surface area (Å²) in [6.07, 6.45) is 0.846. The number of amides is 2. The molecule has 0 spiro atoms. The number of methoxy groups -OCH3 is 1. The number of halogens is 2. The number of ether oxygens (including phenoxy) is 1. The van der Waals surface area contributed by atoms with Gasteiger partial charge < -0.3 is 15.0 Å². The molecule has 8 nitrogen and oxygen atoms in total. The third-order valence-electron chi connectivity index (χ3n) is 7.91. The number of aryl methyl sites for hydroxylation is 1. The molecule has 0 radical (unpaired) electrons. The van der Waals surface area contributed by atoms with Crippen LogP contribution in [0.1, 0.15) is 37.0 Å². The Labute approximate surface area is 287 Å². The average molecular weight is 697 g/mol. The van der Waals surface area contributed by atoms with E-state index in [4.69, 9.17) is 27.9 Å². The van der Waals surface area contributed by atoms with Gasteiger partial charge in [0.25, 0.3) is 10.0 Å². The maximum absolute atomic E-state index is 14.6. The molecule has 0 saturated carbocycles. The first-order valence-corrected chi connectivity index (χ1v) is 17.4. The third kappa shape index (κ3) is 9.06. The van der Waals surface area contributed by atoms with Gasteiger partial charge in [0.2, 0.25) is 11.8 Å². The van der Waals surface area contributed by atoms with Crippen LogP contribution < -0.4 is 14.4 Å². The lowest BCUT2D eigenvalue weighted by atomic mass is 10.0. The molecular weight excluding hydrogens is 657 g/mol. The van der Waals surface area contributed by atoms with E-state index in [1.165, 1.54) is 24.1 Å². The first-order chi connectivity index (χ1) is 22.4. The number of benzene rings is 4. The number of rotatable bonds is 14.